The number of hydrogen-bond acceptors (Lipinski definition) is 4. The molecule has 22 heavy (non-hydrogen) atoms. The van der Waals surface area contributed by atoms with Crippen LogP contribution in [-0.2, 0) is 14.6 Å². The van der Waals surface area contributed by atoms with Crippen LogP contribution in [0.2, 0.25) is 0 Å². The molecule has 1 amide bonds. The molecule has 2 aliphatic rings. The highest BCUT2D eigenvalue weighted by molar-refractivity contribution is 9.10. The third-order valence-electron chi connectivity index (χ3n) is 3.49. The summed E-state index contributed by atoms with van der Waals surface area (Å²) in [4.78, 5) is 17.5. The zero-order chi connectivity index (χ0) is 15.9. The summed E-state index contributed by atoms with van der Waals surface area (Å²) >= 11 is 10.3. The summed E-state index contributed by atoms with van der Waals surface area (Å²) < 4.78 is 24.7. The summed E-state index contributed by atoms with van der Waals surface area (Å²) in [6.07, 6.45) is 0. The van der Waals surface area contributed by atoms with Gasteiger partial charge in [-0.15, -0.1) is 11.6 Å². The van der Waals surface area contributed by atoms with Gasteiger partial charge in [0.1, 0.15) is 5.88 Å². The standard InChI is InChI=1S/C13H12BrClN2O3S2/c14-8-2-1-3-9(4-8)17-10-6-22(19,20)7-11(10)21-13(17)16-12(18)5-15/h1-4,10-11H,5-7H2. The lowest BCUT2D eigenvalue weighted by Crippen LogP contribution is -2.37. The Bertz CT molecular complexity index is 753. The smallest absolute Gasteiger partial charge is 0.262 e. The summed E-state index contributed by atoms with van der Waals surface area (Å²) in [5.41, 5.74) is 0.813. The summed E-state index contributed by atoms with van der Waals surface area (Å²) in [5.74, 6) is -0.428. The van der Waals surface area contributed by atoms with Crippen molar-refractivity contribution in [1.29, 1.82) is 0 Å². The summed E-state index contributed by atoms with van der Waals surface area (Å²) in [7, 11) is -3.05. The molecule has 5 nitrogen and oxygen atoms in total. The van der Waals surface area contributed by atoms with Gasteiger partial charge in [0.15, 0.2) is 15.0 Å². The Morgan fingerprint density at radius 1 is 1.45 bits per heavy atom. The predicted molar refractivity (Wildman–Crippen MR) is 93.6 cm³/mol. The molecule has 0 spiro atoms. The second kappa shape index (κ2) is 6.14. The van der Waals surface area contributed by atoms with E-state index in [1.807, 2.05) is 29.2 Å². The number of fused-ring (bicyclic) bond motifs is 1. The number of halogens is 2. The Hall–Kier alpha value is -0.570. The van der Waals surface area contributed by atoms with Crippen molar-refractivity contribution in [2.45, 2.75) is 11.3 Å². The van der Waals surface area contributed by atoms with Gasteiger partial charge in [0.05, 0.1) is 17.5 Å². The maximum atomic E-state index is 11.9. The number of amidine groups is 1. The minimum atomic E-state index is -3.05. The van der Waals surface area contributed by atoms with E-state index in [1.165, 1.54) is 11.8 Å². The highest BCUT2D eigenvalue weighted by atomic mass is 79.9. The van der Waals surface area contributed by atoms with Crippen molar-refractivity contribution < 1.29 is 13.2 Å². The lowest BCUT2D eigenvalue weighted by molar-refractivity contribution is -0.115. The number of carbonyl (C=O) groups excluding carboxylic acids is 1. The SMILES string of the molecule is O=C(CCl)N=C1SC2CS(=O)(=O)CC2N1c1cccc(Br)c1. The van der Waals surface area contributed by atoms with Crippen LogP contribution in [0, 0.1) is 0 Å². The fraction of sp³-hybridized carbons (Fsp3) is 0.385. The van der Waals surface area contributed by atoms with Gasteiger partial charge < -0.3 is 4.90 Å². The van der Waals surface area contributed by atoms with Gasteiger partial charge in [0, 0.05) is 15.4 Å². The van der Waals surface area contributed by atoms with Gasteiger partial charge >= 0.3 is 0 Å². The third kappa shape index (κ3) is 3.20. The van der Waals surface area contributed by atoms with Crippen molar-refractivity contribution in [3.05, 3.63) is 28.7 Å². The maximum Gasteiger partial charge on any atom is 0.262 e. The average Bonchev–Trinajstić information content (AvgIpc) is 2.89. The van der Waals surface area contributed by atoms with Gasteiger partial charge in [-0.05, 0) is 18.2 Å². The number of carbonyl (C=O) groups is 1. The molecule has 1 aromatic carbocycles. The molecule has 2 aliphatic heterocycles. The van der Waals surface area contributed by atoms with Gasteiger partial charge in [-0.3, -0.25) is 4.79 Å². The molecule has 0 bridgehead atoms. The molecule has 0 aromatic heterocycles. The van der Waals surface area contributed by atoms with E-state index in [9.17, 15) is 13.2 Å². The van der Waals surface area contributed by atoms with Crippen molar-refractivity contribution in [2.75, 3.05) is 22.3 Å². The maximum absolute atomic E-state index is 11.9. The lowest BCUT2D eigenvalue weighted by atomic mass is 10.2. The molecule has 9 heteroatoms. The monoisotopic (exact) mass is 422 g/mol. The number of sulfone groups is 1. The lowest BCUT2D eigenvalue weighted by Gasteiger charge is -2.24. The van der Waals surface area contributed by atoms with Crippen LogP contribution in [0.1, 0.15) is 0 Å². The van der Waals surface area contributed by atoms with Crippen molar-refractivity contribution in [3.8, 4) is 0 Å². The van der Waals surface area contributed by atoms with Crippen molar-refractivity contribution in [2.24, 2.45) is 4.99 Å². The van der Waals surface area contributed by atoms with E-state index in [4.69, 9.17) is 11.6 Å². The van der Waals surface area contributed by atoms with Crippen molar-refractivity contribution >= 4 is 65.9 Å². The molecule has 0 aliphatic carbocycles. The van der Waals surface area contributed by atoms with Crippen LogP contribution in [0.25, 0.3) is 0 Å². The van der Waals surface area contributed by atoms with E-state index < -0.39 is 15.7 Å². The number of thioether (sulfide) groups is 1. The normalized spacial score (nSPS) is 28.1. The third-order valence-corrected chi connectivity index (χ3v) is 7.42. The van der Waals surface area contributed by atoms with Crippen LogP contribution in [0.4, 0.5) is 5.69 Å². The van der Waals surface area contributed by atoms with E-state index in [2.05, 4.69) is 20.9 Å². The van der Waals surface area contributed by atoms with Crippen LogP contribution in [-0.4, -0.2) is 48.2 Å². The molecule has 2 heterocycles. The molecule has 2 fully saturated rings. The Morgan fingerprint density at radius 2 is 2.23 bits per heavy atom. The predicted octanol–water partition coefficient (Wildman–Crippen LogP) is 2.29. The molecule has 2 atom stereocenters. The number of benzene rings is 1. The zero-order valence-electron chi connectivity index (χ0n) is 11.3. The van der Waals surface area contributed by atoms with Crippen LogP contribution >= 0.6 is 39.3 Å². The zero-order valence-corrected chi connectivity index (χ0v) is 15.3. The molecular formula is C13H12BrClN2O3S2. The topological polar surface area (TPSA) is 66.8 Å². The summed E-state index contributed by atoms with van der Waals surface area (Å²) in [5, 5.41) is 0.416. The molecule has 0 saturated carbocycles. The van der Waals surface area contributed by atoms with E-state index >= 15 is 0 Å². The number of nitrogens with zero attached hydrogens (tertiary/aromatic N) is 2. The summed E-state index contributed by atoms with van der Waals surface area (Å²) in [6.45, 7) is 0. The first-order chi connectivity index (χ1) is 10.4. The van der Waals surface area contributed by atoms with Gasteiger partial charge in [-0.1, -0.05) is 33.8 Å². The van der Waals surface area contributed by atoms with Crippen LogP contribution in [0.15, 0.2) is 33.7 Å². The molecular weight excluding hydrogens is 412 g/mol. The number of rotatable bonds is 2. The Morgan fingerprint density at radius 3 is 2.91 bits per heavy atom. The number of hydrogen-bond donors (Lipinski definition) is 0. The number of alkyl halides is 1. The van der Waals surface area contributed by atoms with E-state index in [-0.39, 0.29) is 28.7 Å². The molecule has 3 rings (SSSR count). The van der Waals surface area contributed by atoms with Gasteiger partial charge in [-0.25, -0.2) is 8.42 Å². The molecule has 2 saturated heterocycles. The van der Waals surface area contributed by atoms with Crippen molar-refractivity contribution in [3.63, 3.8) is 0 Å². The molecule has 118 valence electrons. The second-order valence-electron chi connectivity index (χ2n) is 5.07. The van der Waals surface area contributed by atoms with Crippen LogP contribution in [0.5, 0.6) is 0 Å². The fourth-order valence-electron chi connectivity index (χ4n) is 2.63. The Kier molecular flexibility index (Phi) is 4.55. The van der Waals surface area contributed by atoms with Crippen LogP contribution in [0.3, 0.4) is 0 Å². The van der Waals surface area contributed by atoms with Gasteiger partial charge in [0.2, 0.25) is 0 Å². The molecule has 2 unspecified atom stereocenters. The quantitative estimate of drug-likeness (QED) is 0.683. The van der Waals surface area contributed by atoms with E-state index in [0.29, 0.717) is 5.17 Å². The number of amides is 1. The Balaban J connectivity index is 2.03. The number of aliphatic imine (C=N–C) groups is 1. The second-order valence-corrected chi connectivity index (χ2v) is 9.62. The number of anilines is 1. The first-order valence-electron chi connectivity index (χ1n) is 6.49. The van der Waals surface area contributed by atoms with Gasteiger partial charge in [0.25, 0.3) is 5.91 Å². The molecule has 0 N–H and O–H groups in total. The summed E-state index contributed by atoms with van der Waals surface area (Å²) in [6, 6.07) is 7.30. The highest BCUT2D eigenvalue weighted by Gasteiger charge is 2.49. The van der Waals surface area contributed by atoms with E-state index in [1.54, 1.807) is 0 Å². The first-order valence-corrected chi connectivity index (χ1v) is 10.5. The average molecular weight is 424 g/mol. The molecule has 1 aromatic rings. The highest BCUT2D eigenvalue weighted by Crippen LogP contribution is 2.41. The minimum Gasteiger partial charge on any atom is -0.316 e. The van der Waals surface area contributed by atoms with E-state index in [0.717, 1.165) is 10.2 Å². The van der Waals surface area contributed by atoms with Crippen LogP contribution < -0.4 is 4.90 Å². The Labute approximate surface area is 146 Å². The first kappa shape index (κ1) is 16.3. The minimum absolute atomic E-state index is 0.0747. The largest absolute Gasteiger partial charge is 0.316 e. The van der Waals surface area contributed by atoms with Crippen molar-refractivity contribution in [1.82, 2.24) is 0 Å². The molecule has 0 radical (unpaired) electrons. The fourth-order valence-corrected chi connectivity index (χ4v) is 7.01. The van der Waals surface area contributed by atoms with Gasteiger partial charge in [-0.2, -0.15) is 4.99 Å².